The number of hydrogen-bond acceptors (Lipinski definition) is 5. The Morgan fingerprint density at radius 3 is 2.87 bits per heavy atom. The van der Waals surface area contributed by atoms with E-state index in [1.807, 2.05) is 6.07 Å². The molecule has 0 spiro atoms. The fraction of sp³-hybridized carbons (Fsp3) is 0.143. The molecule has 0 aliphatic carbocycles. The predicted octanol–water partition coefficient (Wildman–Crippen LogP) is 4.18. The zero-order valence-corrected chi connectivity index (χ0v) is 13.1. The summed E-state index contributed by atoms with van der Waals surface area (Å²) in [6.07, 6.45) is -1.18. The first kappa shape index (κ1) is 15.9. The van der Waals surface area contributed by atoms with Crippen LogP contribution in [0.15, 0.2) is 39.8 Å². The van der Waals surface area contributed by atoms with Crippen molar-refractivity contribution in [2.45, 2.75) is 11.3 Å². The number of nitrogens with one attached hydrogen (secondary N) is 2. The Labute approximate surface area is 139 Å². The van der Waals surface area contributed by atoms with Gasteiger partial charge in [0.2, 0.25) is 11.9 Å². The molecule has 4 nitrogen and oxygen atoms in total. The van der Waals surface area contributed by atoms with Crippen LogP contribution in [0.25, 0.3) is 11.1 Å². The molecule has 1 aromatic carbocycles. The molecule has 0 saturated carbocycles. The van der Waals surface area contributed by atoms with Crippen LogP contribution in [0, 0.1) is 5.95 Å². The number of nitrogens with zero attached hydrogens (tertiary/aromatic N) is 2. The van der Waals surface area contributed by atoms with Crippen LogP contribution in [0.2, 0.25) is 5.02 Å². The highest BCUT2D eigenvalue weighted by Gasteiger charge is 2.20. The van der Waals surface area contributed by atoms with Gasteiger partial charge in [-0.25, -0.2) is 13.8 Å². The molecule has 2 N–H and O–H groups in total. The molecule has 0 bridgehead atoms. The Hall–Kier alpha value is -1.93. The van der Waals surface area contributed by atoms with Gasteiger partial charge in [-0.05, 0) is 12.1 Å². The smallest absolute Gasteiger partial charge is 0.255 e. The second-order valence-electron chi connectivity index (χ2n) is 4.57. The number of anilines is 1. The summed E-state index contributed by atoms with van der Waals surface area (Å²) in [5.74, 6) is -0.559. The monoisotopic (exact) mass is 358 g/mol. The molecule has 0 unspecified atom stereocenters. The fourth-order valence-electron chi connectivity index (χ4n) is 2.07. The molecule has 9 heteroatoms. The van der Waals surface area contributed by atoms with Gasteiger partial charge in [-0.3, -0.25) is 0 Å². The van der Waals surface area contributed by atoms with Crippen LogP contribution in [-0.4, -0.2) is 23.9 Å². The molecule has 3 rings (SSSR count). The molecular weight excluding hydrogens is 349 g/mol. The number of alkyl halides is 2. The van der Waals surface area contributed by atoms with E-state index in [-0.39, 0.29) is 11.0 Å². The van der Waals surface area contributed by atoms with Crippen molar-refractivity contribution in [2.24, 2.45) is 4.40 Å². The van der Waals surface area contributed by atoms with E-state index in [0.29, 0.717) is 16.8 Å². The molecule has 2 heterocycles. The van der Waals surface area contributed by atoms with Gasteiger partial charge in [0.15, 0.2) is 0 Å². The molecule has 1 aromatic heterocycles. The second-order valence-corrected chi connectivity index (χ2v) is 5.75. The van der Waals surface area contributed by atoms with Gasteiger partial charge in [0.25, 0.3) is 6.43 Å². The lowest BCUT2D eigenvalue weighted by Crippen LogP contribution is -2.35. The zero-order valence-electron chi connectivity index (χ0n) is 11.5. The number of fused-ring (bicyclic) bond motifs is 1. The second kappa shape index (κ2) is 6.67. The first-order valence-electron chi connectivity index (χ1n) is 6.53. The van der Waals surface area contributed by atoms with Crippen molar-refractivity contribution in [3.05, 3.63) is 41.4 Å². The van der Waals surface area contributed by atoms with Crippen LogP contribution >= 0.6 is 23.5 Å². The molecule has 0 fully saturated rings. The summed E-state index contributed by atoms with van der Waals surface area (Å²) < 4.78 is 42.3. The van der Waals surface area contributed by atoms with Gasteiger partial charge in [-0.15, -0.1) is 0 Å². The van der Waals surface area contributed by atoms with E-state index in [0.717, 1.165) is 16.8 Å². The van der Waals surface area contributed by atoms with Gasteiger partial charge in [0.1, 0.15) is 5.02 Å². The molecule has 0 radical (unpaired) electrons. The molecule has 120 valence electrons. The van der Waals surface area contributed by atoms with Gasteiger partial charge in [-0.2, -0.15) is 8.79 Å². The zero-order chi connectivity index (χ0) is 16.4. The first-order valence-corrected chi connectivity index (χ1v) is 7.69. The number of halogens is 4. The summed E-state index contributed by atoms with van der Waals surface area (Å²) in [6, 6.07) is 6.94. The third kappa shape index (κ3) is 3.37. The van der Waals surface area contributed by atoms with Gasteiger partial charge in [-0.1, -0.05) is 23.7 Å². The SMILES string of the molecule is Fc1nccc(-c2cccc3c2NC(NCC(F)F)=NS3)c1Cl. The summed E-state index contributed by atoms with van der Waals surface area (Å²) in [5, 5.41) is 5.36. The Morgan fingerprint density at radius 1 is 1.26 bits per heavy atom. The van der Waals surface area contributed by atoms with Gasteiger partial charge in [0, 0.05) is 29.3 Å². The lowest BCUT2D eigenvalue weighted by molar-refractivity contribution is 0.152. The standard InChI is InChI=1S/C14H10ClF3N4S/c15-11-7(4-5-19-13(11)18)8-2-1-3-9-12(8)21-14(22-23-9)20-6-10(16)17/h1-5,10H,6H2,(H2,20,21,22). The molecule has 0 amide bonds. The summed E-state index contributed by atoms with van der Waals surface area (Å²) >= 11 is 7.13. The van der Waals surface area contributed by atoms with Crippen molar-refractivity contribution < 1.29 is 13.2 Å². The molecule has 0 atom stereocenters. The summed E-state index contributed by atoms with van der Waals surface area (Å²) in [6.45, 7) is -0.519. The molecular formula is C14H10ClF3N4S. The van der Waals surface area contributed by atoms with E-state index < -0.39 is 18.9 Å². The van der Waals surface area contributed by atoms with Crippen molar-refractivity contribution in [2.75, 3.05) is 11.9 Å². The predicted molar refractivity (Wildman–Crippen MR) is 85.6 cm³/mol. The van der Waals surface area contributed by atoms with E-state index >= 15 is 0 Å². The summed E-state index contributed by atoms with van der Waals surface area (Å²) in [7, 11) is 0. The fourth-order valence-corrected chi connectivity index (χ4v) is 2.98. The molecule has 1 aliphatic rings. The van der Waals surface area contributed by atoms with Crippen molar-refractivity contribution in [3.63, 3.8) is 0 Å². The third-order valence-electron chi connectivity index (χ3n) is 3.07. The first-order chi connectivity index (χ1) is 11.1. The minimum absolute atomic E-state index is 0.0997. The van der Waals surface area contributed by atoms with Gasteiger partial charge >= 0.3 is 0 Å². The number of aromatic nitrogens is 1. The lowest BCUT2D eigenvalue weighted by atomic mass is 10.0. The normalized spacial score (nSPS) is 13.3. The average molecular weight is 359 g/mol. The number of para-hydroxylation sites is 1. The van der Waals surface area contributed by atoms with Crippen molar-refractivity contribution in [3.8, 4) is 11.1 Å². The van der Waals surface area contributed by atoms with Crippen LogP contribution in [0.3, 0.4) is 0 Å². The highest BCUT2D eigenvalue weighted by atomic mass is 35.5. The van der Waals surface area contributed by atoms with Crippen LogP contribution in [0.4, 0.5) is 18.9 Å². The maximum Gasteiger partial charge on any atom is 0.255 e. The van der Waals surface area contributed by atoms with Crippen molar-refractivity contribution in [1.82, 2.24) is 10.3 Å². The van der Waals surface area contributed by atoms with Crippen molar-refractivity contribution in [1.29, 1.82) is 0 Å². The lowest BCUT2D eigenvalue weighted by Gasteiger charge is -2.21. The molecule has 2 aromatic rings. The van der Waals surface area contributed by atoms with Crippen LogP contribution in [-0.2, 0) is 0 Å². The Balaban J connectivity index is 1.96. The Morgan fingerprint density at radius 2 is 2.09 bits per heavy atom. The quantitative estimate of drug-likeness (QED) is 0.638. The maximum atomic E-state index is 13.6. The Bertz CT molecular complexity index is 770. The number of pyridine rings is 1. The minimum atomic E-state index is -2.50. The summed E-state index contributed by atoms with van der Waals surface area (Å²) in [5.41, 5.74) is 1.71. The van der Waals surface area contributed by atoms with Crippen LogP contribution in [0.1, 0.15) is 0 Å². The number of benzene rings is 1. The number of rotatable bonds is 3. The summed E-state index contributed by atoms with van der Waals surface area (Å²) in [4.78, 5) is 4.27. The highest BCUT2D eigenvalue weighted by Crippen LogP contribution is 2.41. The molecule has 0 saturated heterocycles. The molecule has 1 aliphatic heterocycles. The maximum absolute atomic E-state index is 13.6. The number of hydrogen-bond donors (Lipinski definition) is 2. The number of guanidine groups is 1. The molecule has 23 heavy (non-hydrogen) atoms. The van der Waals surface area contributed by atoms with Crippen LogP contribution < -0.4 is 10.6 Å². The van der Waals surface area contributed by atoms with E-state index in [1.54, 1.807) is 18.2 Å². The van der Waals surface area contributed by atoms with Gasteiger partial charge < -0.3 is 10.6 Å². The van der Waals surface area contributed by atoms with Gasteiger partial charge in [0.05, 0.1) is 17.1 Å². The third-order valence-corrected chi connectivity index (χ3v) is 4.24. The Kier molecular flexibility index (Phi) is 4.63. The largest absolute Gasteiger partial charge is 0.350 e. The minimum Gasteiger partial charge on any atom is -0.350 e. The van der Waals surface area contributed by atoms with Crippen molar-refractivity contribution >= 4 is 35.2 Å². The topological polar surface area (TPSA) is 49.3 Å². The van der Waals surface area contributed by atoms with E-state index in [1.165, 1.54) is 6.20 Å². The van der Waals surface area contributed by atoms with E-state index in [2.05, 4.69) is 20.0 Å². The van der Waals surface area contributed by atoms with Crippen LogP contribution in [0.5, 0.6) is 0 Å². The van der Waals surface area contributed by atoms with E-state index in [4.69, 9.17) is 11.6 Å². The average Bonchev–Trinajstić information content (AvgIpc) is 2.55. The van der Waals surface area contributed by atoms with E-state index in [9.17, 15) is 13.2 Å². The highest BCUT2D eigenvalue weighted by molar-refractivity contribution is 7.98.